The van der Waals surface area contributed by atoms with Gasteiger partial charge in [0.05, 0.1) is 0 Å². The molecule has 1 N–H and O–H groups in total. The SMILES string of the molecule is CC(C)N1CCCC1c1ccc(NC2CC2)nc1. The zero-order valence-electron chi connectivity index (χ0n) is 11.4. The normalized spacial score (nSPS) is 24.7. The van der Waals surface area contributed by atoms with Gasteiger partial charge in [0.25, 0.3) is 0 Å². The first kappa shape index (κ1) is 12.0. The molecule has 2 aliphatic rings. The van der Waals surface area contributed by atoms with E-state index in [1.54, 1.807) is 0 Å². The van der Waals surface area contributed by atoms with Gasteiger partial charge in [-0.1, -0.05) is 6.07 Å². The van der Waals surface area contributed by atoms with Crippen LogP contribution in [0.3, 0.4) is 0 Å². The van der Waals surface area contributed by atoms with Crippen molar-refractivity contribution in [3.8, 4) is 0 Å². The monoisotopic (exact) mass is 245 g/mol. The number of likely N-dealkylation sites (tertiary alicyclic amines) is 1. The van der Waals surface area contributed by atoms with Crippen molar-refractivity contribution >= 4 is 5.82 Å². The molecule has 18 heavy (non-hydrogen) atoms. The van der Waals surface area contributed by atoms with Gasteiger partial charge in [0.2, 0.25) is 0 Å². The lowest BCUT2D eigenvalue weighted by Gasteiger charge is -2.28. The Morgan fingerprint density at radius 3 is 2.72 bits per heavy atom. The highest BCUT2D eigenvalue weighted by atomic mass is 15.2. The summed E-state index contributed by atoms with van der Waals surface area (Å²) in [5, 5.41) is 3.44. The molecule has 3 rings (SSSR count). The molecule has 3 heteroatoms. The Balaban J connectivity index is 1.71. The van der Waals surface area contributed by atoms with Crippen LogP contribution in [0.1, 0.15) is 51.1 Å². The van der Waals surface area contributed by atoms with Gasteiger partial charge in [0, 0.05) is 24.3 Å². The Hall–Kier alpha value is -1.09. The van der Waals surface area contributed by atoms with Gasteiger partial charge in [-0.05, 0) is 57.7 Å². The van der Waals surface area contributed by atoms with Crippen LogP contribution in [0.25, 0.3) is 0 Å². The van der Waals surface area contributed by atoms with Crippen LogP contribution in [-0.4, -0.2) is 28.5 Å². The number of hydrogen-bond donors (Lipinski definition) is 1. The maximum absolute atomic E-state index is 4.56. The Morgan fingerprint density at radius 2 is 2.11 bits per heavy atom. The smallest absolute Gasteiger partial charge is 0.126 e. The second-order valence-electron chi connectivity index (χ2n) is 5.88. The van der Waals surface area contributed by atoms with Crippen LogP contribution >= 0.6 is 0 Å². The van der Waals surface area contributed by atoms with Crippen molar-refractivity contribution in [2.75, 3.05) is 11.9 Å². The molecule has 1 aliphatic carbocycles. The predicted molar refractivity (Wildman–Crippen MR) is 74.7 cm³/mol. The average molecular weight is 245 g/mol. The first-order valence-corrected chi connectivity index (χ1v) is 7.22. The summed E-state index contributed by atoms with van der Waals surface area (Å²) >= 11 is 0. The van der Waals surface area contributed by atoms with Crippen molar-refractivity contribution in [1.29, 1.82) is 0 Å². The van der Waals surface area contributed by atoms with E-state index in [1.165, 1.54) is 37.8 Å². The van der Waals surface area contributed by atoms with Gasteiger partial charge in [0.1, 0.15) is 5.82 Å². The zero-order chi connectivity index (χ0) is 12.5. The van der Waals surface area contributed by atoms with Crippen LogP contribution in [0.2, 0.25) is 0 Å². The highest BCUT2D eigenvalue weighted by molar-refractivity contribution is 5.38. The first-order valence-electron chi connectivity index (χ1n) is 7.22. The largest absolute Gasteiger partial charge is 0.367 e. The Morgan fingerprint density at radius 1 is 1.28 bits per heavy atom. The number of nitrogens with zero attached hydrogens (tertiary/aromatic N) is 2. The van der Waals surface area contributed by atoms with Gasteiger partial charge in [-0.15, -0.1) is 0 Å². The molecule has 0 spiro atoms. The van der Waals surface area contributed by atoms with Crippen molar-refractivity contribution in [3.63, 3.8) is 0 Å². The van der Waals surface area contributed by atoms with Crippen LogP contribution < -0.4 is 5.32 Å². The maximum atomic E-state index is 4.56. The van der Waals surface area contributed by atoms with E-state index in [9.17, 15) is 0 Å². The summed E-state index contributed by atoms with van der Waals surface area (Å²) in [7, 11) is 0. The van der Waals surface area contributed by atoms with E-state index in [1.807, 2.05) is 0 Å². The van der Waals surface area contributed by atoms with Gasteiger partial charge < -0.3 is 5.32 Å². The molecular weight excluding hydrogens is 222 g/mol. The molecule has 2 heterocycles. The Bertz CT molecular complexity index is 395. The minimum Gasteiger partial charge on any atom is -0.367 e. The van der Waals surface area contributed by atoms with Crippen LogP contribution in [0, 0.1) is 0 Å². The lowest BCUT2D eigenvalue weighted by atomic mass is 10.1. The van der Waals surface area contributed by atoms with E-state index in [-0.39, 0.29) is 0 Å². The van der Waals surface area contributed by atoms with Crippen molar-refractivity contribution in [3.05, 3.63) is 23.9 Å². The third-order valence-corrected chi connectivity index (χ3v) is 4.06. The molecule has 0 bridgehead atoms. The highest BCUT2D eigenvalue weighted by Gasteiger charge is 2.28. The quantitative estimate of drug-likeness (QED) is 0.883. The molecule has 98 valence electrons. The number of pyridine rings is 1. The summed E-state index contributed by atoms with van der Waals surface area (Å²) in [5.74, 6) is 1.04. The minimum atomic E-state index is 0.576. The van der Waals surface area contributed by atoms with Crippen molar-refractivity contribution in [2.24, 2.45) is 0 Å². The van der Waals surface area contributed by atoms with E-state index in [0.717, 1.165) is 5.82 Å². The van der Waals surface area contributed by atoms with Gasteiger partial charge in [-0.25, -0.2) is 4.98 Å². The molecule has 1 aromatic heterocycles. The third kappa shape index (κ3) is 2.51. The number of hydrogen-bond acceptors (Lipinski definition) is 3. The summed E-state index contributed by atoms with van der Waals surface area (Å²) in [4.78, 5) is 7.15. The van der Waals surface area contributed by atoms with Crippen LogP contribution in [0.4, 0.5) is 5.82 Å². The molecule has 1 atom stereocenters. The first-order chi connectivity index (χ1) is 8.74. The predicted octanol–water partition coefficient (Wildman–Crippen LogP) is 3.20. The molecule has 3 nitrogen and oxygen atoms in total. The molecule has 1 saturated heterocycles. The molecule has 2 fully saturated rings. The van der Waals surface area contributed by atoms with Gasteiger partial charge in [-0.3, -0.25) is 4.90 Å². The van der Waals surface area contributed by atoms with Crippen molar-refractivity contribution < 1.29 is 0 Å². The van der Waals surface area contributed by atoms with Gasteiger partial charge >= 0.3 is 0 Å². The molecule has 0 amide bonds. The molecular formula is C15H23N3. The summed E-state index contributed by atoms with van der Waals surface area (Å²) in [5.41, 5.74) is 1.38. The summed E-state index contributed by atoms with van der Waals surface area (Å²) in [6.07, 6.45) is 7.25. The van der Waals surface area contributed by atoms with Crippen LogP contribution in [0.15, 0.2) is 18.3 Å². The molecule has 1 saturated carbocycles. The van der Waals surface area contributed by atoms with E-state index in [2.05, 4.69) is 47.4 Å². The molecule has 0 aromatic carbocycles. The van der Waals surface area contributed by atoms with Gasteiger partial charge in [-0.2, -0.15) is 0 Å². The van der Waals surface area contributed by atoms with E-state index < -0.39 is 0 Å². The third-order valence-electron chi connectivity index (χ3n) is 4.06. The average Bonchev–Trinajstić information content (AvgIpc) is 3.04. The second-order valence-corrected chi connectivity index (χ2v) is 5.88. The Labute approximate surface area is 110 Å². The van der Waals surface area contributed by atoms with Crippen molar-refractivity contribution in [1.82, 2.24) is 9.88 Å². The van der Waals surface area contributed by atoms with Crippen molar-refractivity contribution in [2.45, 2.75) is 57.7 Å². The summed E-state index contributed by atoms with van der Waals surface area (Å²) < 4.78 is 0. The zero-order valence-corrected chi connectivity index (χ0v) is 11.4. The van der Waals surface area contributed by atoms with Crippen LogP contribution in [-0.2, 0) is 0 Å². The fraction of sp³-hybridized carbons (Fsp3) is 0.667. The lowest BCUT2D eigenvalue weighted by molar-refractivity contribution is 0.205. The summed E-state index contributed by atoms with van der Waals surface area (Å²) in [6, 6.07) is 6.28. The van der Waals surface area contributed by atoms with E-state index in [4.69, 9.17) is 0 Å². The number of aromatic nitrogens is 1. The highest BCUT2D eigenvalue weighted by Crippen LogP contribution is 2.33. The summed E-state index contributed by atoms with van der Waals surface area (Å²) in [6.45, 7) is 5.80. The second kappa shape index (κ2) is 4.88. The minimum absolute atomic E-state index is 0.576. The van der Waals surface area contributed by atoms with E-state index in [0.29, 0.717) is 18.1 Å². The molecule has 1 aromatic rings. The number of anilines is 1. The van der Waals surface area contributed by atoms with Gasteiger partial charge in [0.15, 0.2) is 0 Å². The standard InChI is InChI=1S/C15H23N3/c1-11(2)18-9-3-4-14(18)12-5-8-15(16-10-12)17-13-6-7-13/h5,8,10-11,13-14H,3-4,6-7,9H2,1-2H3,(H,16,17). The van der Waals surface area contributed by atoms with E-state index >= 15 is 0 Å². The molecule has 1 unspecified atom stereocenters. The van der Waals surface area contributed by atoms with Crippen LogP contribution in [0.5, 0.6) is 0 Å². The molecule has 1 aliphatic heterocycles. The fourth-order valence-corrected chi connectivity index (χ4v) is 2.89. The Kier molecular flexibility index (Phi) is 3.25. The maximum Gasteiger partial charge on any atom is 0.126 e. The molecule has 0 radical (unpaired) electrons. The fourth-order valence-electron chi connectivity index (χ4n) is 2.89. The lowest BCUT2D eigenvalue weighted by Crippen LogP contribution is -2.30. The topological polar surface area (TPSA) is 28.2 Å². The number of rotatable bonds is 4. The number of nitrogens with one attached hydrogen (secondary N) is 1.